The van der Waals surface area contributed by atoms with E-state index in [4.69, 9.17) is 9.47 Å². The van der Waals surface area contributed by atoms with Crippen molar-refractivity contribution in [3.63, 3.8) is 0 Å². The van der Waals surface area contributed by atoms with Crippen LogP contribution in [0.5, 0.6) is 0 Å². The molecule has 6 heteroatoms. The van der Waals surface area contributed by atoms with Crippen LogP contribution in [0.4, 0.5) is 0 Å². The van der Waals surface area contributed by atoms with E-state index in [0.29, 0.717) is 18.5 Å². The average molecular weight is 333 g/mol. The Labute approximate surface area is 141 Å². The largest absolute Gasteiger partial charge is 0.460 e. The quantitative estimate of drug-likeness (QED) is 0.626. The molecule has 1 aliphatic heterocycles. The summed E-state index contributed by atoms with van der Waals surface area (Å²) in [5.41, 5.74) is -0.262. The average Bonchev–Trinajstić information content (AvgIpc) is 2.99. The molecule has 0 aromatic heterocycles. The first-order valence-electron chi connectivity index (χ1n) is 8.04. The summed E-state index contributed by atoms with van der Waals surface area (Å²) >= 11 is 0. The molecule has 2 rings (SSSR count). The molecule has 0 spiro atoms. The number of likely N-dealkylation sites (tertiary alicyclic amines) is 1. The van der Waals surface area contributed by atoms with E-state index in [1.807, 2.05) is 6.07 Å². The Morgan fingerprint density at radius 1 is 1.17 bits per heavy atom. The number of rotatable bonds is 3. The fraction of sp³-hybridized carbons (Fsp3) is 0.500. The third-order valence-electron chi connectivity index (χ3n) is 3.63. The minimum Gasteiger partial charge on any atom is -0.460 e. The molecule has 1 aromatic rings. The molecule has 6 nitrogen and oxygen atoms in total. The minimum atomic E-state index is -0.871. The molecule has 1 atom stereocenters. The maximum absolute atomic E-state index is 12.3. The normalized spacial score (nSPS) is 17.5. The van der Waals surface area contributed by atoms with Crippen molar-refractivity contribution in [2.45, 2.75) is 45.3 Å². The van der Waals surface area contributed by atoms with Crippen molar-refractivity contribution < 1.29 is 23.9 Å². The number of esters is 2. The van der Waals surface area contributed by atoms with Gasteiger partial charge in [-0.05, 0) is 45.7 Å². The van der Waals surface area contributed by atoms with Crippen molar-refractivity contribution in [3.05, 3.63) is 35.9 Å². The molecule has 1 saturated heterocycles. The number of ether oxygens (including phenoxy) is 2. The molecule has 0 unspecified atom stereocenters. The second kappa shape index (κ2) is 7.47. The number of carbonyl (C=O) groups excluding carboxylic acids is 3. The van der Waals surface area contributed by atoms with Gasteiger partial charge in [-0.2, -0.15) is 0 Å². The molecule has 0 aliphatic carbocycles. The lowest BCUT2D eigenvalue weighted by molar-refractivity contribution is -0.168. The van der Waals surface area contributed by atoms with Crippen molar-refractivity contribution in [1.29, 1.82) is 0 Å². The van der Waals surface area contributed by atoms with Crippen LogP contribution in [-0.2, 0) is 19.1 Å². The predicted octanol–water partition coefficient (Wildman–Crippen LogP) is 2.18. The smallest absolute Gasteiger partial charge is 0.397 e. The highest BCUT2D eigenvalue weighted by molar-refractivity contribution is 6.32. The lowest BCUT2D eigenvalue weighted by atomic mass is 10.2. The van der Waals surface area contributed by atoms with Crippen molar-refractivity contribution in [2.75, 3.05) is 13.2 Å². The van der Waals surface area contributed by atoms with Crippen LogP contribution in [0.25, 0.3) is 0 Å². The van der Waals surface area contributed by atoms with Gasteiger partial charge < -0.3 is 14.4 Å². The summed E-state index contributed by atoms with van der Waals surface area (Å²) in [4.78, 5) is 37.6. The molecule has 24 heavy (non-hydrogen) atoms. The monoisotopic (exact) mass is 333 g/mol. The first kappa shape index (κ1) is 18.0. The Balaban J connectivity index is 1.92. The van der Waals surface area contributed by atoms with E-state index >= 15 is 0 Å². The van der Waals surface area contributed by atoms with Gasteiger partial charge in [0, 0.05) is 6.54 Å². The summed E-state index contributed by atoms with van der Waals surface area (Å²) < 4.78 is 10.4. The molecule has 0 radical (unpaired) electrons. The summed E-state index contributed by atoms with van der Waals surface area (Å²) in [5, 5.41) is 0. The molecule has 1 aliphatic rings. The van der Waals surface area contributed by atoms with E-state index in [2.05, 4.69) is 0 Å². The molecular formula is C18H23NO5. The molecule has 0 N–H and O–H groups in total. The molecule has 1 fully saturated rings. The molecule has 130 valence electrons. The van der Waals surface area contributed by atoms with Crippen molar-refractivity contribution >= 4 is 17.8 Å². The van der Waals surface area contributed by atoms with Crippen molar-refractivity contribution in [3.8, 4) is 0 Å². The van der Waals surface area contributed by atoms with Crippen LogP contribution in [0.1, 0.15) is 44.0 Å². The number of benzene rings is 1. The Morgan fingerprint density at radius 3 is 2.46 bits per heavy atom. The van der Waals surface area contributed by atoms with Gasteiger partial charge in [-0.25, -0.2) is 9.59 Å². The zero-order chi connectivity index (χ0) is 17.7. The third kappa shape index (κ3) is 4.81. The maximum atomic E-state index is 12.3. The Bertz CT molecular complexity index is 606. The summed E-state index contributed by atoms with van der Waals surface area (Å²) in [5.74, 6) is -1.99. The van der Waals surface area contributed by atoms with Crippen molar-refractivity contribution in [1.82, 2.24) is 4.90 Å². The van der Waals surface area contributed by atoms with E-state index in [0.717, 1.165) is 6.42 Å². The topological polar surface area (TPSA) is 72.9 Å². The van der Waals surface area contributed by atoms with Gasteiger partial charge in [0.1, 0.15) is 12.2 Å². The standard InChI is InChI=1S/C18H23NO5/c1-18(2,3)24-17(22)15(20)19-11-7-10-14(19)12-23-16(21)13-8-5-4-6-9-13/h4-6,8-9,14H,7,10-12H2,1-3H3/t14-/m1/s1. The fourth-order valence-corrected chi connectivity index (χ4v) is 2.54. The van der Waals surface area contributed by atoms with Crippen LogP contribution < -0.4 is 0 Å². The second-order valence-electron chi connectivity index (χ2n) is 6.76. The number of nitrogens with zero attached hydrogens (tertiary/aromatic N) is 1. The number of amides is 1. The maximum Gasteiger partial charge on any atom is 0.397 e. The van der Waals surface area contributed by atoms with Crippen LogP contribution in [0.2, 0.25) is 0 Å². The molecule has 0 bridgehead atoms. The summed E-state index contributed by atoms with van der Waals surface area (Å²) in [7, 11) is 0. The summed E-state index contributed by atoms with van der Waals surface area (Å²) in [6, 6.07) is 8.36. The molecular weight excluding hydrogens is 310 g/mol. The summed E-state index contributed by atoms with van der Waals surface area (Å²) in [6.07, 6.45) is 1.46. The van der Waals surface area contributed by atoms with Crippen molar-refractivity contribution in [2.24, 2.45) is 0 Å². The van der Waals surface area contributed by atoms with Gasteiger partial charge in [0.15, 0.2) is 0 Å². The van der Waals surface area contributed by atoms with Gasteiger partial charge in [-0.1, -0.05) is 18.2 Å². The number of hydrogen-bond donors (Lipinski definition) is 0. The highest BCUT2D eigenvalue weighted by Gasteiger charge is 2.35. The van der Waals surface area contributed by atoms with E-state index in [9.17, 15) is 14.4 Å². The number of hydrogen-bond acceptors (Lipinski definition) is 5. The molecule has 1 heterocycles. The predicted molar refractivity (Wildman–Crippen MR) is 87.3 cm³/mol. The van der Waals surface area contributed by atoms with E-state index in [1.165, 1.54) is 4.90 Å². The Kier molecular flexibility index (Phi) is 5.59. The first-order chi connectivity index (χ1) is 11.3. The van der Waals surface area contributed by atoms with Gasteiger partial charge in [-0.3, -0.25) is 4.79 Å². The minimum absolute atomic E-state index is 0.0717. The number of carbonyl (C=O) groups is 3. The third-order valence-corrected chi connectivity index (χ3v) is 3.63. The lowest BCUT2D eigenvalue weighted by Gasteiger charge is -2.25. The van der Waals surface area contributed by atoms with Gasteiger partial charge in [0.05, 0.1) is 11.6 Å². The van der Waals surface area contributed by atoms with Gasteiger partial charge in [-0.15, -0.1) is 0 Å². The van der Waals surface area contributed by atoms with E-state index in [1.54, 1.807) is 45.0 Å². The van der Waals surface area contributed by atoms with E-state index in [-0.39, 0.29) is 12.6 Å². The van der Waals surface area contributed by atoms with Crippen LogP contribution in [-0.4, -0.2) is 47.5 Å². The van der Waals surface area contributed by atoms with Crippen LogP contribution >= 0.6 is 0 Å². The molecule has 0 saturated carbocycles. The van der Waals surface area contributed by atoms with Gasteiger partial charge in [0.25, 0.3) is 0 Å². The molecule has 1 amide bonds. The summed E-state index contributed by atoms with van der Waals surface area (Å²) in [6.45, 7) is 5.66. The van der Waals surface area contributed by atoms with Crippen LogP contribution in [0, 0.1) is 0 Å². The zero-order valence-corrected chi connectivity index (χ0v) is 14.3. The molecule has 1 aromatic carbocycles. The van der Waals surface area contributed by atoms with Crippen LogP contribution in [0.15, 0.2) is 30.3 Å². The van der Waals surface area contributed by atoms with Crippen LogP contribution in [0.3, 0.4) is 0 Å². The Hall–Kier alpha value is -2.37. The second-order valence-corrected chi connectivity index (χ2v) is 6.76. The van der Waals surface area contributed by atoms with Gasteiger partial charge in [0.2, 0.25) is 0 Å². The highest BCUT2D eigenvalue weighted by atomic mass is 16.6. The SMILES string of the molecule is CC(C)(C)OC(=O)C(=O)N1CCC[C@@H]1COC(=O)c1ccccc1. The van der Waals surface area contributed by atoms with E-state index < -0.39 is 23.4 Å². The Morgan fingerprint density at radius 2 is 1.83 bits per heavy atom. The van der Waals surface area contributed by atoms with Gasteiger partial charge >= 0.3 is 17.8 Å². The first-order valence-corrected chi connectivity index (χ1v) is 8.04. The lowest BCUT2D eigenvalue weighted by Crippen LogP contribution is -2.44. The zero-order valence-electron chi connectivity index (χ0n) is 14.3. The highest BCUT2D eigenvalue weighted by Crippen LogP contribution is 2.19. The fourth-order valence-electron chi connectivity index (χ4n) is 2.54.